The summed E-state index contributed by atoms with van der Waals surface area (Å²) < 4.78 is 17.0. The molecule has 0 saturated heterocycles. The lowest BCUT2D eigenvalue weighted by Gasteiger charge is -2.16. The van der Waals surface area contributed by atoms with Gasteiger partial charge in [-0.2, -0.15) is 0 Å². The van der Waals surface area contributed by atoms with Gasteiger partial charge >= 0.3 is 9.53 Å². The summed E-state index contributed by atoms with van der Waals surface area (Å²) in [6, 6.07) is 0. The van der Waals surface area contributed by atoms with Crippen molar-refractivity contribution in [1.82, 2.24) is 0 Å². The molecule has 0 aromatic heterocycles. The van der Waals surface area contributed by atoms with E-state index in [9.17, 15) is 4.79 Å². The van der Waals surface area contributed by atoms with Crippen molar-refractivity contribution < 1.29 is 18.1 Å². The molecule has 0 aliphatic heterocycles. The molecule has 0 aliphatic rings. The fraction of sp³-hybridized carbons (Fsp3) is 0.941. The molecule has 0 aromatic rings. The van der Waals surface area contributed by atoms with Crippen LogP contribution in [0.15, 0.2) is 0 Å². The zero-order chi connectivity index (χ0) is 17.2. The van der Waals surface area contributed by atoms with Gasteiger partial charge in [-0.3, -0.25) is 4.79 Å². The summed E-state index contributed by atoms with van der Waals surface area (Å²) in [5, 5.41) is 0.340. The van der Waals surface area contributed by atoms with Crippen molar-refractivity contribution in [2.45, 2.75) is 78.6 Å². The van der Waals surface area contributed by atoms with Crippen molar-refractivity contribution in [3.05, 3.63) is 0 Å². The van der Waals surface area contributed by atoms with E-state index in [-0.39, 0.29) is 0 Å². The fourth-order valence-electron chi connectivity index (χ4n) is 1.91. The number of unbranched alkanes of at least 4 members (excludes halogenated alkanes) is 4. The van der Waals surface area contributed by atoms with Crippen molar-refractivity contribution in [2.75, 3.05) is 25.6 Å². The first-order valence-electron chi connectivity index (χ1n) is 9.24. The topological polar surface area (TPSA) is 44.8 Å². The first-order chi connectivity index (χ1) is 11.2. The lowest BCUT2D eigenvalue weighted by Crippen LogP contribution is -2.28. The highest BCUT2D eigenvalue weighted by molar-refractivity contribution is 8.13. The van der Waals surface area contributed by atoms with Crippen LogP contribution in [0.2, 0.25) is 0 Å². The number of carbonyl (C=O) groups excluding carboxylic acids is 1. The lowest BCUT2D eigenvalue weighted by molar-refractivity contribution is -0.111. The van der Waals surface area contributed by atoms with Gasteiger partial charge in [0.05, 0.1) is 0 Å². The molecular formula is C17H36O4SSi. The minimum Gasteiger partial charge on any atom is -0.376 e. The third-order valence-corrected chi connectivity index (χ3v) is 5.75. The van der Waals surface area contributed by atoms with Crippen LogP contribution < -0.4 is 0 Å². The molecule has 0 saturated carbocycles. The van der Waals surface area contributed by atoms with E-state index in [2.05, 4.69) is 20.8 Å². The first kappa shape index (κ1) is 23.1. The summed E-state index contributed by atoms with van der Waals surface area (Å²) in [5.74, 6) is 0.897. The predicted molar refractivity (Wildman–Crippen MR) is 101 cm³/mol. The molecule has 4 nitrogen and oxygen atoms in total. The van der Waals surface area contributed by atoms with Gasteiger partial charge in [0.15, 0.2) is 5.12 Å². The smallest absolute Gasteiger partial charge is 0.376 e. The highest BCUT2D eigenvalue weighted by Crippen LogP contribution is 2.12. The lowest BCUT2D eigenvalue weighted by atomic mass is 10.2. The zero-order valence-corrected chi connectivity index (χ0v) is 17.3. The monoisotopic (exact) mass is 364 g/mol. The third-order valence-electron chi connectivity index (χ3n) is 3.21. The second-order valence-electron chi connectivity index (χ2n) is 5.64. The Morgan fingerprint density at radius 3 is 2.04 bits per heavy atom. The van der Waals surface area contributed by atoms with Crippen LogP contribution in [0.3, 0.4) is 0 Å². The molecule has 0 aliphatic carbocycles. The van der Waals surface area contributed by atoms with Crippen molar-refractivity contribution in [3.8, 4) is 0 Å². The van der Waals surface area contributed by atoms with Gasteiger partial charge in [-0.15, -0.1) is 0 Å². The van der Waals surface area contributed by atoms with Gasteiger partial charge in [0.2, 0.25) is 0 Å². The standard InChI is InChI=1S/C17H36O4SSi/c1-4-7-8-9-12-17(18)22-16-11-10-15-21-23(19-13-5-2)20-14-6-3/h23H,4-16H2,1-3H3. The van der Waals surface area contributed by atoms with Crippen molar-refractivity contribution in [2.24, 2.45) is 0 Å². The number of carbonyl (C=O) groups is 1. The quantitative estimate of drug-likeness (QED) is 0.279. The number of rotatable bonds is 17. The molecule has 23 heavy (non-hydrogen) atoms. The van der Waals surface area contributed by atoms with Crippen LogP contribution in [0.1, 0.15) is 78.6 Å². The van der Waals surface area contributed by atoms with E-state index in [4.69, 9.17) is 13.3 Å². The molecule has 0 unspecified atom stereocenters. The van der Waals surface area contributed by atoms with Gasteiger partial charge in [-0.05, 0) is 32.1 Å². The molecule has 0 N–H and O–H groups in total. The van der Waals surface area contributed by atoms with E-state index in [0.29, 0.717) is 24.9 Å². The zero-order valence-electron chi connectivity index (χ0n) is 15.3. The molecular weight excluding hydrogens is 328 g/mol. The van der Waals surface area contributed by atoms with Gasteiger partial charge in [0.25, 0.3) is 0 Å². The molecule has 0 radical (unpaired) electrons. The number of thioether (sulfide) groups is 1. The van der Waals surface area contributed by atoms with Crippen LogP contribution in [0.25, 0.3) is 0 Å². The van der Waals surface area contributed by atoms with Gasteiger partial charge in [0.1, 0.15) is 0 Å². The summed E-state index contributed by atoms with van der Waals surface area (Å²) >= 11 is 1.48. The van der Waals surface area contributed by atoms with Crippen molar-refractivity contribution in [1.29, 1.82) is 0 Å². The Labute approximate surface area is 149 Å². The summed E-state index contributed by atoms with van der Waals surface area (Å²) in [5.41, 5.74) is 0. The van der Waals surface area contributed by atoms with Crippen LogP contribution >= 0.6 is 11.8 Å². The Kier molecular flexibility index (Phi) is 18.5. The second-order valence-corrected chi connectivity index (χ2v) is 8.37. The molecule has 0 aromatic carbocycles. The fourth-order valence-corrected chi connectivity index (χ4v) is 4.28. The van der Waals surface area contributed by atoms with Crippen LogP contribution in [-0.4, -0.2) is 40.2 Å². The van der Waals surface area contributed by atoms with E-state index in [1.165, 1.54) is 31.0 Å². The Morgan fingerprint density at radius 2 is 1.43 bits per heavy atom. The van der Waals surface area contributed by atoms with E-state index in [1.54, 1.807) is 0 Å². The highest BCUT2D eigenvalue weighted by atomic mass is 32.2. The van der Waals surface area contributed by atoms with E-state index < -0.39 is 9.53 Å². The van der Waals surface area contributed by atoms with E-state index in [1.807, 2.05) is 0 Å². The van der Waals surface area contributed by atoms with Crippen LogP contribution in [-0.2, 0) is 18.1 Å². The minimum absolute atomic E-state index is 0.340. The SMILES string of the molecule is CCCCCCC(=O)SCCCCO[SiH](OCCC)OCCC. The van der Waals surface area contributed by atoms with Crippen LogP contribution in [0, 0.1) is 0 Å². The summed E-state index contributed by atoms with van der Waals surface area (Å²) in [4.78, 5) is 11.7. The summed E-state index contributed by atoms with van der Waals surface area (Å²) in [7, 11) is -1.94. The van der Waals surface area contributed by atoms with Crippen molar-refractivity contribution >= 4 is 26.4 Å². The minimum atomic E-state index is -1.94. The summed E-state index contributed by atoms with van der Waals surface area (Å²) in [6.07, 6.45) is 9.34. The maximum absolute atomic E-state index is 11.7. The second kappa shape index (κ2) is 18.5. The Hall–Kier alpha value is 0.117. The predicted octanol–water partition coefficient (Wildman–Crippen LogP) is 4.58. The average molecular weight is 365 g/mol. The Bertz CT molecular complexity index is 259. The Morgan fingerprint density at radius 1 is 0.783 bits per heavy atom. The van der Waals surface area contributed by atoms with Gasteiger partial charge in [-0.25, -0.2) is 0 Å². The average Bonchev–Trinajstić information content (AvgIpc) is 2.56. The Balaban J connectivity index is 3.51. The molecule has 0 spiro atoms. The first-order valence-corrected chi connectivity index (χ1v) is 11.6. The molecule has 0 heterocycles. The molecule has 0 atom stereocenters. The molecule has 0 bridgehead atoms. The molecule has 138 valence electrons. The molecule has 0 fully saturated rings. The van der Waals surface area contributed by atoms with Crippen LogP contribution in [0.4, 0.5) is 0 Å². The largest absolute Gasteiger partial charge is 0.484 e. The maximum Gasteiger partial charge on any atom is 0.484 e. The van der Waals surface area contributed by atoms with Crippen molar-refractivity contribution in [3.63, 3.8) is 0 Å². The van der Waals surface area contributed by atoms with Gasteiger partial charge in [-0.1, -0.05) is 51.8 Å². The molecule has 0 amide bonds. The van der Waals surface area contributed by atoms with Crippen LogP contribution in [0.5, 0.6) is 0 Å². The van der Waals surface area contributed by atoms with E-state index >= 15 is 0 Å². The van der Waals surface area contributed by atoms with Gasteiger partial charge < -0.3 is 13.3 Å². The van der Waals surface area contributed by atoms with E-state index in [0.717, 1.165) is 44.3 Å². The highest BCUT2D eigenvalue weighted by Gasteiger charge is 2.14. The number of hydrogen-bond acceptors (Lipinski definition) is 5. The normalized spacial score (nSPS) is 11.3. The maximum atomic E-state index is 11.7. The van der Waals surface area contributed by atoms with Gasteiger partial charge in [0, 0.05) is 32.0 Å². The summed E-state index contributed by atoms with van der Waals surface area (Å²) in [6.45, 7) is 8.46. The molecule has 6 heteroatoms. The third kappa shape index (κ3) is 16.7. The number of hydrogen-bond donors (Lipinski definition) is 0. The molecule has 0 rings (SSSR count).